The van der Waals surface area contributed by atoms with Gasteiger partial charge >= 0.3 is 6.18 Å². The van der Waals surface area contributed by atoms with Crippen molar-refractivity contribution in [2.24, 2.45) is 0 Å². The highest BCUT2D eigenvalue weighted by Crippen LogP contribution is 2.29. The van der Waals surface area contributed by atoms with Gasteiger partial charge in [0, 0.05) is 25.4 Å². The van der Waals surface area contributed by atoms with E-state index in [4.69, 9.17) is 0 Å². The van der Waals surface area contributed by atoms with Crippen molar-refractivity contribution >= 4 is 12.6 Å². The molecule has 0 amide bonds. The number of halogens is 3. The lowest BCUT2D eigenvalue weighted by atomic mass is 10.3. The van der Waals surface area contributed by atoms with Crippen molar-refractivity contribution in [3.05, 3.63) is 11.6 Å². The molecule has 0 fully saturated rings. The molecule has 5 nitrogen and oxygen atoms in total. The maximum absolute atomic E-state index is 12.6. The van der Waals surface area contributed by atoms with Gasteiger partial charge in [-0.25, -0.2) is 0 Å². The van der Waals surface area contributed by atoms with E-state index in [0.717, 1.165) is 4.57 Å². The highest BCUT2D eigenvalue weighted by Gasteiger charge is 2.39. The average Bonchev–Trinajstić information content (AvgIpc) is 2.71. The number of aliphatic hydroxyl groups is 1. The molecule has 1 aliphatic heterocycles. The zero-order valence-corrected chi connectivity index (χ0v) is 10.3. The Morgan fingerprint density at radius 2 is 2.06 bits per heavy atom. The zero-order chi connectivity index (χ0) is 13.3. The third kappa shape index (κ3) is 2.78. The summed E-state index contributed by atoms with van der Waals surface area (Å²) in [4.78, 5) is 1.84. The molecular weight excluding hydrogens is 269 g/mol. The molecule has 1 atom stereocenters. The summed E-state index contributed by atoms with van der Waals surface area (Å²) >= 11 is 3.95. The number of nitrogens with zero attached hydrogens (tertiary/aromatic N) is 4. The summed E-state index contributed by atoms with van der Waals surface area (Å²) in [6.07, 6.45) is -5.07. The fourth-order valence-electron chi connectivity index (χ4n) is 1.93. The number of hydrogen-bond donors (Lipinski definition) is 2. The number of fused-ring (bicyclic) bond motifs is 1. The van der Waals surface area contributed by atoms with Crippen LogP contribution in [-0.2, 0) is 19.3 Å². The van der Waals surface area contributed by atoms with Gasteiger partial charge in [0.1, 0.15) is 5.82 Å². The van der Waals surface area contributed by atoms with E-state index in [1.54, 1.807) is 0 Å². The largest absolute Gasteiger partial charge is 0.451 e. The number of hydrogen-bond acceptors (Lipinski definition) is 5. The molecule has 0 radical (unpaired) electrons. The summed E-state index contributed by atoms with van der Waals surface area (Å²) in [5.74, 6) is -0.358. The van der Waals surface area contributed by atoms with Gasteiger partial charge < -0.3 is 9.67 Å². The van der Waals surface area contributed by atoms with E-state index >= 15 is 0 Å². The standard InChI is InChI=1S/C9H13F3N4OS/c10-9(11,12)8-14-13-7-4-15(1-2-16(7)8)3-6(17)5-18/h6,17-18H,1-5H2/t6-/m1/s1. The lowest BCUT2D eigenvalue weighted by molar-refractivity contribution is -0.148. The third-order valence-corrected chi connectivity index (χ3v) is 3.19. The van der Waals surface area contributed by atoms with Crippen molar-refractivity contribution in [3.63, 3.8) is 0 Å². The minimum atomic E-state index is -4.47. The molecule has 0 bridgehead atoms. The van der Waals surface area contributed by atoms with Gasteiger partial charge in [-0.15, -0.1) is 10.2 Å². The molecular formula is C9H13F3N4OS. The van der Waals surface area contributed by atoms with Crippen LogP contribution < -0.4 is 0 Å². The van der Waals surface area contributed by atoms with Crippen LogP contribution in [0.1, 0.15) is 11.6 Å². The fourth-order valence-corrected chi connectivity index (χ4v) is 2.04. The summed E-state index contributed by atoms with van der Waals surface area (Å²) in [6.45, 7) is 1.24. The molecule has 1 N–H and O–H groups in total. The van der Waals surface area contributed by atoms with Crippen molar-refractivity contribution in [2.45, 2.75) is 25.4 Å². The molecule has 0 aromatic carbocycles. The van der Waals surface area contributed by atoms with Gasteiger partial charge in [-0.2, -0.15) is 25.8 Å². The van der Waals surface area contributed by atoms with Crippen molar-refractivity contribution in [1.82, 2.24) is 19.7 Å². The number of rotatable bonds is 3. The van der Waals surface area contributed by atoms with Gasteiger partial charge in [-0.1, -0.05) is 0 Å². The lowest BCUT2D eigenvalue weighted by Gasteiger charge is -2.29. The second-order valence-electron chi connectivity index (χ2n) is 4.16. The first kappa shape index (κ1) is 13.6. The normalized spacial score (nSPS) is 18.7. The fraction of sp³-hybridized carbons (Fsp3) is 0.778. The third-order valence-electron chi connectivity index (χ3n) is 2.77. The summed E-state index contributed by atoms with van der Waals surface area (Å²) in [7, 11) is 0. The van der Waals surface area contributed by atoms with Gasteiger partial charge in [-0.05, 0) is 0 Å². The maximum atomic E-state index is 12.6. The number of aliphatic hydroxyl groups excluding tert-OH is 1. The molecule has 1 aromatic heterocycles. The minimum absolute atomic E-state index is 0.177. The summed E-state index contributed by atoms with van der Waals surface area (Å²) in [5.41, 5.74) is 0. The zero-order valence-electron chi connectivity index (χ0n) is 9.43. The van der Waals surface area contributed by atoms with Crippen LogP contribution in [0.4, 0.5) is 13.2 Å². The van der Waals surface area contributed by atoms with Crippen LogP contribution in [0.15, 0.2) is 0 Å². The van der Waals surface area contributed by atoms with E-state index < -0.39 is 18.1 Å². The quantitative estimate of drug-likeness (QED) is 0.788. The predicted molar refractivity (Wildman–Crippen MR) is 60.2 cm³/mol. The average molecular weight is 282 g/mol. The Labute approximate surface area is 107 Å². The van der Waals surface area contributed by atoms with E-state index in [1.165, 1.54) is 0 Å². The highest BCUT2D eigenvalue weighted by atomic mass is 32.1. The Hall–Kier alpha value is -0.800. The highest BCUT2D eigenvalue weighted by molar-refractivity contribution is 7.80. The molecule has 18 heavy (non-hydrogen) atoms. The van der Waals surface area contributed by atoms with Crippen LogP contribution in [0.5, 0.6) is 0 Å². The number of β-amino-alcohol motifs (C(OH)–C–C–N with tert-alkyl or cyclic N) is 1. The molecule has 0 spiro atoms. The second-order valence-corrected chi connectivity index (χ2v) is 4.53. The van der Waals surface area contributed by atoms with Gasteiger partial charge in [0.2, 0.25) is 5.82 Å². The Kier molecular flexibility index (Phi) is 3.83. The first-order valence-corrected chi connectivity index (χ1v) is 6.05. The van der Waals surface area contributed by atoms with Crippen LogP contribution in [0.25, 0.3) is 0 Å². The van der Waals surface area contributed by atoms with Crippen molar-refractivity contribution in [2.75, 3.05) is 18.8 Å². The topological polar surface area (TPSA) is 54.2 Å². The molecule has 2 rings (SSSR count). The lowest BCUT2D eigenvalue weighted by Crippen LogP contribution is -2.40. The minimum Gasteiger partial charge on any atom is -0.391 e. The Morgan fingerprint density at radius 1 is 1.33 bits per heavy atom. The van der Waals surface area contributed by atoms with Gasteiger partial charge in [-0.3, -0.25) is 4.90 Å². The van der Waals surface area contributed by atoms with Crippen molar-refractivity contribution < 1.29 is 18.3 Å². The molecule has 0 unspecified atom stereocenters. The first-order chi connectivity index (χ1) is 8.41. The van der Waals surface area contributed by atoms with E-state index in [1.807, 2.05) is 4.90 Å². The molecule has 2 heterocycles. The van der Waals surface area contributed by atoms with Crippen LogP contribution in [0.2, 0.25) is 0 Å². The predicted octanol–water partition coefficient (Wildman–Crippen LogP) is 0.403. The molecule has 1 aromatic rings. The number of aromatic nitrogens is 3. The SMILES string of the molecule is O[C@@H](CS)CN1CCn2c(nnc2C(F)(F)F)C1. The van der Waals surface area contributed by atoms with Gasteiger partial charge in [0.05, 0.1) is 12.6 Å². The van der Waals surface area contributed by atoms with Crippen LogP contribution in [0, 0.1) is 0 Å². The van der Waals surface area contributed by atoms with E-state index in [0.29, 0.717) is 18.8 Å². The monoisotopic (exact) mass is 282 g/mol. The van der Waals surface area contributed by atoms with Crippen molar-refractivity contribution in [1.29, 1.82) is 0 Å². The Bertz CT molecular complexity index is 422. The van der Waals surface area contributed by atoms with E-state index in [9.17, 15) is 18.3 Å². The smallest absolute Gasteiger partial charge is 0.391 e. The molecule has 102 valence electrons. The molecule has 9 heteroatoms. The number of alkyl halides is 3. The summed E-state index contributed by atoms with van der Waals surface area (Å²) in [6, 6.07) is 0. The number of thiol groups is 1. The Balaban J connectivity index is 2.10. The van der Waals surface area contributed by atoms with Gasteiger partial charge in [0.15, 0.2) is 0 Å². The second kappa shape index (κ2) is 5.06. The van der Waals surface area contributed by atoms with Crippen LogP contribution >= 0.6 is 12.6 Å². The van der Waals surface area contributed by atoms with E-state index in [2.05, 4.69) is 22.8 Å². The van der Waals surface area contributed by atoms with Crippen molar-refractivity contribution in [3.8, 4) is 0 Å². The Morgan fingerprint density at radius 3 is 2.67 bits per heavy atom. The molecule has 0 saturated heterocycles. The maximum Gasteiger partial charge on any atom is 0.451 e. The molecule has 1 aliphatic rings. The summed E-state index contributed by atoms with van der Waals surface area (Å²) in [5, 5.41) is 16.2. The van der Waals surface area contributed by atoms with Gasteiger partial charge in [0.25, 0.3) is 0 Å². The first-order valence-electron chi connectivity index (χ1n) is 5.42. The summed E-state index contributed by atoms with van der Waals surface area (Å²) < 4.78 is 38.8. The van der Waals surface area contributed by atoms with Crippen LogP contribution in [0.3, 0.4) is 0 Å². The molecule has 0 saturated carbocycles. The molecule has 0 aliphatic carbocycles. The van der Waals surface area contributed by atoms with Crippen LogP contribution in [-0.4, -0.2) is 49.7 Å². The van der Waals surface area contributed by atoms with E-state index in [-0.39, 0.29) is 18.9 Å².